The van der Waals surface area contributed by atoms with E-state index >= 15 is 0 Å². The second-order valence-electron chi connectivity index (χ2n) is 9.97. The van der Waals surface area contributed by atoms with E-state index in [1.54, 1.807) is 0 Å². The third kappa shape index (κ3) is 4.22. The molecule has 160 valence electrons. The fourth-order valence-corrected chi connectivity index (χ4v) is 5.58. The molecule has 0 radical (unpaired) electrons. The molecular formula is C24H39N5. The molecule has 1 spiro atoms. The lowest BCUT2D eigenvalue weighted by Crippen LogP contribution is -2.42. The van der Waals surface area contributed by atoms with E-state index in [2.05, 4.69) is 55.6 Å². The van der Waals surface area contributed by atoms with Crippen molar-refractivity contribution >= 4 is 5.82 Å². The number of likely N-dealkylation sites (N-methyl/N-ethyl adjacent to an activating group) is 1. The molecule has 1 aliphatic carbocycles. The molecule has 1 atom stereocenters. The number of likely N-dealkylation sites (tertiary alicyclic amines) is 1. The summed E-state index contributed by atoms with van der Waals surface area (Å²) in [6, 6.07) is 0.639. The highest BCUT2D eigenvalue weighted by molar-refractivity contribution is 5.55. The number of piperidine rings is 1. The van der Waals surface area contributed by atoms with Crippen molar-refractivity contribution in [3.8, 4) is 0 Å². The molecule has 0 saturated carbocycles. The first-order chi connectivity index (χ1) is 13.9. The Labute approximate surface area is 177 Å². The van der Waals surface area contributed by atoms with Crippen molar-refractivity contribution in [1.29, 1.82) is 0 Å². The molecule has 1 unspecified atom stereocenters. The van der Waals surface area contributed by atoms with Gasteiger partial charge in [-0.15, -0.1) is 0 Å². The van der Waals surface area contributed by atoms with Gasteiger partial charge in [0.2, 0.25) is 0 Å². The first-order valence-electron chi connectivity index (χ1n) is 11.5. The van der Waals surface area contributed by atoms with Gasteiger partial charge in [-0.2, -0.15) is 0 Å². The van der Waals surface area contributed by atoms with E-state index in [4.69, 9.17) is 9.97 Å². The van der Waals surface area contributed by atoms with Crippen LogP contribution in [-0.4, -0.2) is 72.6 Å². The second kappa shape index (κ2) is 8.35. The van der Waals surface area contributed by atoms with Crippen LogP contribution in [0, 0.1) is 6.92 Å². The third-order valence-electron chi connectivity index (χ3n) is 7.46. The van der Waals surface area contributed by atoms with Gasteiger partial charge in [-0.1, -0.05) is 11.6 Å². The molecule has 5 nitrogen and oxygen atoms in total. The van der Waals surface area contributed by atoms with Gasteiger partial charge in [0.25, 0.3) is 0 Å². The van der Waals surface area contributed by atoms with Crippen molar-refractivity contribution < 1.29 is 0 Å². The Balaban J connectivity index is 1.50. The summed E-state index contributed by atoms with van der Waals surface area (Å²) in [5.74, 6) is 2.21. The molecule has 2 saturated heterocycles. The number of hydrogen-bond acceptors (Lipinski definition) is 5. The summed E-state index contributed by atoms with van der Waals surface area (Å²) >= 11 is 0. The van der Waals surface area contributed by atoms with E-state index in [9.17, 15) is 0 Å². The van der Waals surface area contributed by atoms with Crippen LogP contribution < -0.4 is 4.90 Å². The SMILES string of the molecule is CC(C)=CCCN1CCC2(CCc3c(N4CCC(N(C)C)C4)nc(C)nc32)CC1. The Morgan fingerprint density at radius 2 is 1.90 bits per heavy atom. The lowest BCUT2D eigenvalue weighted by molar-refractivity contribution is 0.158. The van der Waals surface area contributed by atoms with Crippen molar-refractivity contribution in [3.63, 3.8) is 0 Å². The first-order valence-corrected chi connectivity index (χ1v) is 11.5. The van der Waals surface area contributed by atoms with Crippen molar-refractivity contribution in [2.24, 2.45) is 0 Å². The fourth-order valence-electron chi connectivity index (χ4n) is 5.58. The topological polar surface area (TPSA) is 35.5 Å². The Morgan fingerprint density at radius 3 is 2.55 bits per heavy atom. The minimum Gasteiger partial charge on any atom is -0.355 e. The Kier molecular flexibility index (Phi) is 5.99. The monoisotopic (exact) mass is 397 g/mol. The number of anilines is 1. The van der Waals surface area contributed by atoms with Gasteiger partial charge in [0, 0.05) is 36.7 Å². The standard InChI is InChI=1S/C24H39N5/c1-18(2)7-6-13-28-15-11-24(12-16-28)10-8-21-22(24)25-19(3)26-23(21)29-14-9-20(17-29)27(4)5/h7,20H,6,8-17H2,1-5H3. The van der Waals surface area contributed by atoms with Crippen LogP contribution in [0.25, 0.3) is 0 Å². The molecule has 29 heavy (non-hydrogen) atoms. The summed E-state index contributed by atoms with van der Waals surface area (Å²) in [7, 11) is 4.40. The maximum atomic E-state index is 5.05. The van der Waals surface area contributed by atoms with Crippen LogP contribution >= 0.6 is 0 Å². The zero-order valence-electron chi connectivity index (χ0n) is 19.2. The lowest BCUT2D eigenvalue weighted by atomic mass is 9.76. The highest BCUT2D eigenvalue weighted by atomic mass is 15.3. The number of aryl methyl sites for hydroxylation is 1. The highest BCUT2D eigenvalue weighted by Crippen LogP contribution is 2.47. The van der Waals surface area contributed by atoms with Crippen LogP contribution in [0.5, 0.6) is 0 Å². The van der Waals surface area contributed by atoms with Gasteiger partial charge in [0.15, 0.2) is 0 Å². The molecule has 2 aliphatic heterocycles. The number of aromatic nitrogens is 2. The maximum Gasteiger partial charge on any atom is 0.135 e. The summed E-state index contributed by atoms with van der Waals surface area (Å²) in [6.07, 6.45) is 9.72. The Hall–Kier alpha value is -1.46. The summed E-state index contributed by atoms with van der Waals surface area (Å²) in [5.41, 5.74) is 4.59. The van der Waals surface area contributed by atoms with Crippen molar-refractivity contribution in [1.82, 2.24) is 19.8 Å². The van der Waals surface area contributed by atoms with E-state index in [0.717, 1.165) is 25.3 Å². The number of hydrogen-bond donors (Lipinski definition) is 0. The van der Waals surface area contributed by atoms with Crippen LogP contribution in [0.1, 0.15) is 63.0 Å². The van der Waals surface area contributed by atoms with Crippen molar-refractivity contribution in [2.45, 2.75) is 70.8 Å². The van der Waals surface area contributed by atoms with E-state index in [1.807, 2.05) is 0 Å². The van der Waals surface area contributed by atoms with E-state index < -0.39 is 0 Å². The quantitative estimate of drug-likeness (QED) is 0.710. The average Bonchev–Trinajstić information content (AvgIpc) is 3.29. The van der Waals surface area contributed by atoms with Gasteiger partial charge in [-0.3, -0.25) is 0 Å². The van der Waals surface area contributed by atoms with E-state index in [-0.39, 0.29) is 0 Å². The molecule has 0 N–H and O–H groups in total. The molecule has 3 heterocycles. The molecule has 0 aromatic carbocycles. The lowest BCUT2D eigenvalue weighted by Gasteiger charge is -2.39. The minimum absolute atomic E-state index is 0.297. The molecule has 0 bridgehead atoms. The first kappa shape index (κ1) is 20.8. The number of rotatable bonds is 5. The summed E-state index contributed by atoms with van der Waals surface area (Å²) in [4.78, 5) is 17.5. The van der Waals surface area contributed by atoms with Gasteiger partial charge < -0.3 is 14.7 Å². The maximum absolute atomic E-state index is 5.05. The zero-order valence-corrected chi connectivity index (χ0v) is 19.2. The molecular weight excluding hydrogens is 358 g/mol. The Bertz CT molecular complexity index is 757. The van der Waals surface area contributed by atoms with Crippen LogP contribution in [0.2, 0.25) is 0 Å². The number of allylic oxidation sites excluding steroid dienone is 1. The van der Waals surface area contributed by atoms with E-state index in [0.29, 0.717) is 11.5 Å². The molecule has 0 amide bonds. The highest BCUT2D eigenvalue weighted by Gasteiger charge is 2.44. The van der Waals surface area contributed by atoms with Crippen LogP contribution in [0.4, 0.5) is 5.82 Å². The molecule has 4 rings (SSSR count). The zero-order chi connectivity index (χ0) is 20.6. The Morgan fingerprint density at radius 1 is 1.14 bits per heavy atom. The summed E-state index contributed by atoms with van der Waals surface area (Å²) in [6.45, 7) is 12.3. The van der Waals surface area contributed by atoms with Gasteiger partial charge in [0.05, 0.1) is 5.69 Å². The molecule has 3 aliphatic rings. The summed E-state index contributed by atoms with van der Waals surface area (Å²) < 4.78 is 0. The largest absolute Gasteiger partial charge is 0.355 e. The number of nitrogens with zero attached hydrogens (tertiary/aromatic N) is 5. The van der Waals surface area contributed by atoms with Gasteiger partial charge >= 0.3 is 0 Å². The summed E-state index contributed by atoms with van der Waals surface area (Å²) in [5, 5.41) is 0. The molecule has 1 aromatic heterocycles. The third-order valence-corrected chi connectivity index (χ3v) is 7.46. The van der Waals surface area contributed by atoms with Gasteiger partial charge in [-0.25, -0.2) is 9.97 Å². The van der Waals surface area contributed by atoms with Gasteiger partial charge in [0.1, 0.15) is 11.6 Å². The number of fused-ring (bicyclic) bond motifs is 2. The van der Waals surface area contributed by atoms with Crippen LogP contribution in [0.3, 0.4) is 0 Å². The van der Waals surface area contributed by atoms with Crippen LogP contribution in [0.15, 0.2) is 11.6 Å². The minimum atomic E-state index is 0.297. The molecule has 5 heteroatoms. The van der Waals surface area contributed by atoms with Crippen molar-refractivity contribution in [2.75, 3.05) is 51.7 Å². The molecule has 1 aromatic rings. The van der Waals surface area contributed by atoms with Crippen molar-refractivity contribution in [3.05, 3.63) is 28.7 Å². The average molecular weight is 398 g/mol. The smallest absolute Gasteiger partial charge is 0.135 e. The predicted octanol–water partition coefficient (Wildman–Crippen LogP) is 3.56. The fraction of sp³-hybridized carbons (Fsp3) is 0.750. The van der Waals surface area contributed by atoms with Crippen LogP contribution in [-0.2, 0) is 11.8 Å². The normalized spacial score (nSPS) is 23.8. The van der Waals surface area contributed by atoms with Gasteiger partial charge in [-0.05, 0) is 86.5 Å². The molecule has 2 fully saturated rings. The van der Waals surface area contributed by atoms with E-state index in [1.165, 1.54) is 74.4 Å². The second-order valence-corrected chi connectivity index (χ2v) is 9.97. The predicted molar refractivity (Wildman–Crippen MR) is 121 cm³/mol.